The number of unbranched alkanes of at least 4 members (excludes halogenated alkanes) is 13. The van der Waals surface area contributed by atoms with E-state index in [-0.39, 0.29) is 43.5 Å². The normalized spacial score (nSPS) is 23.5. The molecule has 0 saturated carbocycles. The zero-order chi connectivity index (χ0) is 32.9. The van der Waals surface area contributed by atoms with Crippen LogP contribution in [0, 0.1) is 0 Å². The summed E-state index contributed by atoms with van der Waals surface area (Å²) < 4.78 is 11.3. The summed E-state index contributed by atoms with van der Waals surface area (Å²) in [6.45, 7) is 4.11. The smallest absolute Gasteiger partial charge is 0.334 e. The molecule has 0 spiro atoms. The molecule has 5 N–H and O–H groups in total. The highest BCUT2D eigenvalue weighted by atomic mass is 16.5. The molecule has 2 aliphatic rings. The van der Waals surface area contributed by atoms with Crippen LogP contribution in [0.4, 0.5) is 0 Å². The van der Waals surface area contributed by atoms with E-state index >= 15 is 0 Å². The second kappa shape index (κ2) is 24.2. The fourth-order valence-corrected chi connectivity index (χ4v) is 6.74. The van der Waals surface area contributed by atoms with E-state index in [4.69, 9.17) is 9.47 Å². The lowest BCUT2D eigenvalue weighted by Crippen LogP contribution is -2.33. The van der Waals surface area contributed by atoms with E-state index < -0.39 is 30.5 Å². The van der Waals surface area contributed by atoms with E-state index in [9.17, 15) is 30.3 Å². The summed E-state index contributed by atoms with van der Waals surface area (Å²) in [4.78, 5) is 11.6. The van der Waals surface area contributed by atoms with Crippen LogP contribution >= 0.6 is 0 Å². The summed E-state index contributed by atoms with van der Waals surface area (Å²) in [5.74, 6) is -0.147. The molecule has 1 fully saturated rings. The monoisotopic (exact) mass is 640 g/mol. The zero-order valence-electron chi connectivity index (χ0n) is 28.6. The Balaban J connectivity index is 1.44. The van der Waals surface area contributed by atoms with Gasteiger partial charge < -0.3 is 35.0 Å². The molecule has 0 bridgehead atoms. The number of hydrogen-bond donors (Lipinski definition) is 5. The molecule has 2 rings (SSSR count). The highest BCUT2D eigenvalue weighted by Crippen LogP contribution is 2.28. The Morgan fingerprint density at radius 1 is 0.667 bits per heavy atom. The molecule has 0 aromatic carbocycles. The van der Waals surface area contributed by atoms with Gasteiger partial charge in [0.2, 0.25) is 0 Å². The maximum Gasteiger partial charge on any atom is 0.334 e. The van der Waals surface area contributed by atoms with E-state index in [1.165, 1.54) is 64.2 Å². The minimum Gasteiger partial charge on any atom is -0.455 e. The molecular weight excluding hydrogens is 572 g/mol. The van der Waals surface area contributed by atoms with Crippen molar-refractivity contribution in [2.75, 3.05) is 0 Å². The van der Waals surface area contributed by atoms with Crippen LogP contribution in [0.15, 0.2) is 11.6 Å². The first-order chi connectivity index (χ1) is 21.7. The molecular formula is C37H68O8. The van der Waals surface area contributed by atoms with Crippen LogP contribution in [0.3, 0.4) is 0 Å². The van der Waals surface area contributed by atoms with Gasteiger partial charge in [-0.2, -0.15) is 0 Å². The molecule has 8 atom stereocenters. The van der Waals surface area contributed by atoms with Gasteiger partial charge in [0.15, 0.2) is 0 Å². The number of carbonyl (C=O) groups is 1. The van der Waals surface area contributed by atoms with Crippen LogP contribution < -0.4 is 0 Å². The van der Waals surface area contributed by atoms with E-state index in [0.717, 1.165) is 63.4 Å². The molecule has 2 heterocycles. The van der Waals surface area contributed by atoms with Gasteiger partial charge in [-0.1, -0.05) is 96.8 Å². The van der Waals surface area contributed by atoms with Crippen LogP contribution in [0.5, 0.6) is 0 Å². The highest BCUT2D eigenvalue weighted by Gasteiger charge is 2.31. The maximum atomic E-state index is 11.6. The third-order valence-corrected chi connectivity index (χ3v) is 9.79. The van der Waals surface area contributed by atoms with Gasteiger partial charge in [-0.3, -0.25) is 0 Å². The summed E-state index contributed by atoms with van der Waals surface area (Å²) >= 11 is 0. The number of rotatable bonds is 28. The number of esters is 1. The fourth-order valence-electron chi connectivity index (χ4n) is 6.74. The summed E-state index contributed by atoms with van der Waals surface area (Å²) in [5, 5.41) is 52.0. The van der Waals surface area contributed by atoms with Gasteiger partial charge in [-0.25, -0.2) is 4.79 Å². The van der Waals surface area contributed by atoms with Crippen molar-refractivity contribution in [2.24, 2.45) is 0 Å². The molecule has 264 valence electrons. The van der Waals surface area contributed by atoms with Crippen molar-refractivity contribution in [3.8, 4) is 0 Å². The van der Waals surface area contributed by atoms with E-state index in [1.54, 1.807) is 0 Å². The number of carbonyl (C=O) groups excluding carboxylic acids is 1. The van der Waals surface area contributed by atoms with Crippen LogP contribution in [-0.2, 0) is 14.3 Å². The third kappa shape index (κ3) is 17.6. The van der Waals surface area contributed by atoms with E-state index in [2.05, 4.69) is 6.92 Å². The Kier molecular flexibility index (Phi) is 21.6. The SMILES string of the molecule is CCCCCCCCCC[C@@H](O)[C@H](O)CC[C@@H](O)[C@H](O)CC[C@@H](O)[C@H]1CC[C@H](CCCCCCCCCC2=C[C@H](C)OC2=O)O1. The topological polar surface area (TPSA) is 137 Å². The lowest BCUT2D eigenvalue weighted by molar-refractivity contribution is -0.139. The number of hydrogen-bond acceptors (Lipinski definition) is 8. The standard InChI is InChI=1S/C37H68O8/c1-3-4-5-6-7-11-14-17-20-31(38)32(39)22-23-33(40)34(41)24-25-35(42)36-26-21-30(45-36)19-16-13-10-8-9-12-15-18-29-27-28(2)44-37(29)43/h27-28,30-36,38-42H,3-26H2,1-2H3/t28-,30-,31+,32+,33+,34+,35+,36+/m0/s1. The molecule has 8 nitrogen and oxygen atoms in total. The Morgan fingerprint density at radius 3 is 1.76 bits per heavy atom. The summed E-state index contributed by atoms with van der Waals surface area (Å²) in [6, 6.07) is 0. The molecule has 0 aromatic heterocycles. The maximum absolute atomic E-state index is 11.6. The second-order valence-corrected chi connectivity index (χ2v) is 13.9. The predicted molar refractivity (Wildman–Crippen MR) is 179 cm³/mol. The van der Waals surface area contributed by atoms with Crippen molar-refractivity contribution in [3.05, 3.63) is 11.6 Å². The number of aliphatic hydroxyl groups is 5. The molecule has 0 unspecified atom stereocenters. The zero-order valence-corrected chi connectivity index (χ0v) is 28.6. The number of aliphatic hydroxyl groups excluding tert-OH is 5. The third-order valence-electron chi connectivity index (χ3n) is 9.79. The molecule has 1 saturated heterocycles. The quantitative estimate of drug-likeness (QED) is 0.0465. The first kappa shape index (κ1) is 40.1. The molecule has 0 amide bonds. The fraction of sp³-hybridized carbons (Fsp3) is 0.919. The van der Waals surface area contributed by atoms with Gasteiger partial charge >= 0.3 is 5.97 Å². The molecule has 0 aromatic rings. The van der Waals surface area contributed by atoms with Gasteiger partial charge in [0, 0.05) is 5.57 Å². The van der Waals surface area contributed by atoms with Crippen molar-refractivity contribution in [1.29, 1.82) is 0 Å². The summed E-state index contributed by atoms with van der Waals surface area (Å²) in [7, 11) is 0. The second-order valence-electron chi connectivity index (χ2n) is 13.9. The minimum atomic E-state index is -0.994. The lowest BCUT2D eigenvalue weighted by atomic mass is 9.96. The van der Waals surface area contributed by atoms with E-state index in [1.807, 2.05) is 13.0 Å². The first-order valence-corrected chi connectivity index (χ1v) is 18.7. The number of cyclic esters (lactones) is 1. The van der Waals surface area contributed by atoms with Crippen LogP contribution in [0.25, 0.3) is 0 Å². The average Bonchev–Trinajstić information content (AvgIpc) is 3.63. The van der Waals surface area contributed by atoms with Crippen molar-refractivity contribution in [1.82, 2.24) is 0 Å². The molecule has 0 aliphatic carbocycles. The first-order valence-electron chi connectivity index (χ1n) is 18.7. The Hall–Kier alpha value is -1.03. The highest BCUT2D eigenvalue weighted by molar-refractivity contribution is 5.90. The van der Waals surface area contributed by atoms with E-state index in [0.29, 0.717) is 12.8 Å². The van der Waals surface area contributed by atoms with Crippen molar-refractivity contribution in [3.63, 3.8) is 0 Å². The predicted octanol–water partition coefficient (Wildman–Crippen LogP) is 6.81. The van der Waals surface area contributed by atoms with Crippen molar-refractivity contribution < 1.29 is 39.8 Å². The van der Waals surface area contributed by atoms with Gasteiger partial charge in [0.1, 0.15) is 6.10 Å². The summed E-state index contributed by atoms with van der Waals surface area (Å²) in [6.07, 6.45) is 20.3. The Morgan fingerprint density at radius 2 is 1.18 bits per heavy atom. The van der Waals surface area contributed by atoms with Gasteiger partial charge in [-0.15, -0.1) is 0 Å². The Bertz CT molecular complexity index is 788. The summed E-state index contributed by atoms with van der Waals surface area (Å²) in [5.41, 5.74) is 0.837. The molecule has 45 heavy (non-hydrogen) atoms. The van der Waals surface area contributed by atoms with Gasteiger partial charge in [0.25, 0.3) is 0 Å². The van der Waals surface area contributed by atoms with Crippen molar-refractivity contribution >= 4 is 5.97 Å². The Labute approximate surface area is 274 Å². The number of ether oxygens (including phenoxy) is 2. The minimum absolute atomic E-state index is 0.0747. The van der Waals surface area contributed by atoms with Gasteiger partial charge in [0.05, 0.1) is 42.7 Å². The average molecular weight is 641 g/mol. The molecule has 2 aliphatic heterocycles. The van der Waals surface area contributed by atoms with Crippen molar-refractivity contribution in [2.45, 2.75) is 217 Å². The van der Waals surface area contributed by atoms with Gasteiger partial charge in [-0.05, 0) is 77.2 Å². The van der Waals surface area contributed by atoms with Crippen LogP contribution in [0.1, 0.15) is 168 Å². The molecule has 8 heteroatoms. The van der Waals surface area contributed by atoms with Crippen LogP contribution in [0.2, 0.25) is 0 Å². The van der Waals surface area contributed by atoms with Crippen LogP contribution in [-0.4, -0.2) is 80.3 Å². The molecule has 0 radical (unpaired) electrons. The largest absolute Gasteiger partial charge is 0.455 e. The lowest BCUT2D eigenvalue weighted by Gasteiger charge is -2.24.